The zero-order valence-corrected chi connectivity index (χ0v) is 8.39. The van der Waals surface area contributed by atoms with Crippen molar-refractivity contribution in [3.63, 3.8) is 0 Å². The van der Waals surface area contributed by atoms with E-state index in [-0.39, 0.29) is 18.0 Å². The van der Waals surface area contributed by atoms with E-state index in [0.717, 1.165) is 13.0 Å². The van der Waals surface area contributed by atoms with Gasteiger partial charge < -0.3 is 10.6 Å². The van der Waals surface area contributed by atoms with Gasteiger partial charge in [0.2, 0.25) is 5.91 Å². The zero-order chi connectivity index (χ0) is 10.1. The Balaban J connectivity index is 2.13. The van der Waals surface area contributed by atoms with E-state index in [0.29, 0.717) is 5.92 Å². The van der Waals surface area contributed by atoms with Crippen molar-refractivity contribution < 1.29 is 4.79 Å². The predicted octanol–water partition coefficient (Wildman–Crippen LogP) is 0.677. The maximum Gasteiger partial charge on any atom is 0.239 e. The number of nitrogens with two attached hydrogens (primary N) is 1. The van der Waals surface area contributed by atoms with E-state index in [1.54, 1.807) is 6.92 Å². The van der Waals surface area contributed by atoms with Crippen LogP contribution in [0.25, 0.3) is 0 Å². The number of carbonyl (C=O) groups excluding carboxylic acids is 1. The lowest BCUT2D eigenvalue weighted by atomic mass is 9.96. The van der Waals surface area contributed by atoms with Crippen LogP contribution in [0.2, 0.25) is 0 Å². The highest BCUT2D eigenvalue weighted by molar-refractivity contribution is 5.82. The molecule has 1 saturated heterocycles. The minimum Gasteiger partial charge on any atom is -0.334 e. The third-order valence-electron chi connectivity index (χ3n) is 2.95. The van der Waals surface area contributed by atoms with Crippen molar-refractivity contribution in [3.05, 3.63) is 24.3 Å². The van der Waals surface area contributed by atoms with Gasteiger partial charge in [-0.3, -0.25) is 4.79 Å². The van der Waals surface area contributed by atoms with Gasteiger partial charge in [0.25, 0.3) is 0 Å². The van der Waals surface area contributed by atoms with Crippen molar-refractivity contribution in [1.29, 1.82) is 0 Å². The highest BCUT2D eigenvalue weighted by Gasteiger charge is 2.35. The molecule has 2 aliphatic rings. The van der Waals surface area contributed by atoms with Crippen LogP contribution in [0.5, 0.6) is 0 Å². The van der Waals surface area contributed by atoms with Crippen LogP contribution < -0.4 is 5.73 Å². The van der Waals surface area contributed by atoms with Crippen LogP contribution in [-0.2, 0) is 4.79 Å². The standard InChI is InChI=1S/C11H16N2O/c1-8(12)11(14)13-7-6-9-4-2-3-5-10(9)13/h2-5,8-10H,6-7,12H2,1H3/t8-,9?,10?/m1/s1. The third-order valence-corrected chi connectivity index (χ3v) is 2.95. The van der Waals surface area contributed by atoms with E-state index >= 15 is 0 Å². The summed E-state index contributed by atoms with van der Waals surface area (Å²) in [7, 11) is 0. The van der Waals surface area contributed by atoms with Gasteiger partial charge >= 0.3 is 0 Å². The molecular formula is C11H16N2O. The van der Waals surface area contributed by atoms with Gasteiger partial charge in [-0.2, -0.15) is 0 Å². The molecule has 3 heteroatoms. The summed E-state index contributed by atoms with van der Waals surface area (Å²) in [6, 6.07) is -0.133. The Morgan fingerprint density at radius 3 is 2.93 bits per heavy atom. The maximum atomic E-state index is 11.7. The van der Waals surface area contributed by atoms with E-state index in [1.807, 2.05) is 11.0 Å². The Morgan fingerprint density at radius 2 is 2.21 bits per heavy atom. The van der Waals surface area contributed by atoms with Gasteiger partial charge in [-0.25, -0.2) is 0 Å². The normalized spacial score (nSPS) is 31.7. The van der Waals surface area contributed by atoms with Gasteiger partial charge in [0.1, 0.15) is 0 Å². The predicted molar refractivity (Wildman–Crippen MR) is 55.5 cm³/mol. The zero-order valence-electron chi connectivity index (χ0n) is 8.39. The first-order valence-corrected chi connectivity index (χ1v) is 5.11. The molecule has 2 N–H and O–H groups in total. The smallest absolute Gasteiger partial charge is 0.239 e. The van der Waals surface area contributed by atoms with Crippen LogP contribution in [0.3, 0.4) is 0 Å². The van der Waals surface area contributed by atoms with Crippen molar-refractivity contribution in [1.82, 2.24) is 4.90 Å². The molecule has 1 heterocycles. The van der Waals surface area contributed by atoms with Gasteiger partial charge in [0, 0.05) is 12.5 Å². The summed E-state index contributed by atoms with van der Waals surface area (Å²) in [4.78, 5) is 13.6. The first-order valence-electron chi connectivity index (χ1n) is 5.11. The number of hydrogen-bond donors (Lipinski definition) is 1. The van der Waals surface area contributed by atoms with Gasteiger partial charge in [-0.1, -0.05) is 24.3 Å². The van der Waals surface area contributed by atoms with Crippen LogP contribution in [0, 0.1) is 5.92 Å². The minimum atomic E-state index is -0.381. The van der Waals surface area contributed by atoms with Crippen molar-refractivity contribution >= 4 is 5.91 Å². The second-order valence-corrected chi connectivity index (χ2v) is 4.03. The van der Waals surface area contributed by atoms with Gasteiger partial charge in [-0.05, 0) is 13.3 Å². The largest absolute Gasteiger partial charge is 0.334 e. The molecule has 3 nitrogen and oxygen atoms in total. The first kappa shape index (κ1) is 9.46. The molecule has 2 rings (SSSR count). The second-order valence-electron chi connectivity index (χ2n) is 4.03. The highest BCUT2D eigenvalue weighted by Crippen LogP contribution is 2.29. The van der Waals surface area contributed by atoms with E-state index in [1.165, 1.54) is 0 Å². The maximum absolute atomic E-state index is 11.7. The van der Waals surface area contributed by atoms with Crippen LogP contribution in [0.1, 0.15) is 13.3 Å². The van der Waals surface area contributed by atoms with Crippen molar-refractivity contribution in [2.45, 2.75) is 25.4 Å². The van der Waals surface area contributed by atoms with E-state index in [4.69, 9.17) is 5.73 Å². The summed E-state index contributed by atoms with van der Waals surface area (Å²) in [6.45, 7) is 2.59. The summed E-state index contributed by atoms with van der Waals surface area (Å²) in [5.41, 5.74) is 5.60. The van der Waals surface area contributed by atoms with Gasteiger partial charge in [-0.15, -0.1) is 0 Å². The summed E-state index contributed by atoms with van der Waals surface area (Å²) >= 11 is 0. The molecule has 0 bridgehead atoms. The van der Waals surface area contributed by atoms with Crippen molar-refractivity contribution in [2.24, 2.45) is 11.7 Å². The molecule has 0 radical (unpaired) electrons. The average molecular weight is 192 g/mol. The molecule has 0 aromatic carbocycles. The fourth-order valence-electron chi connectivity index (χ4n) is 2.20. The highest BCUT2D eigenvalue weighted by atomic mass is 16.2. The number of fused-ring (bicyclic) bond motifs is 1. The molecule has 0 aromatic heterocycles. The van der Waals surface area contributed by atoms with Crippen molar-refractivity contribution in [2.75, 3.05) is 6.54 Å². The molecule has 1 aliphatic carbocycles. The SMILES string of the molecule is C[C@@H](N)C(=O)N1CCC2C=CC=CC21. The van der Waals surface area contributed by atoms with Gasteiger partial charge in [0.15, 0.2) is 0 Å². The Labute approximate surface area is 84.3 Å². The number of nitrogens with zero attached hydrogens (tertiary/aromatic N) is 1. The summed E-state index contributed by atoms with van der Waals surface area (Å²) < 4.78 is 0. The molecule has 3 atom stereocenters. The molecule has 0 saturated carbocycles. The molecular weight excluding hydrogens is 176 g/mol. The summed E-state index contributed by atoms with van der Waals surface area (Å²) in [6.07, 6.45) is 9.40. The lowest BCUT2D eigenvalue weighted by Gasteiger charge is -2.27. The average Bonchev–Trinajstić information content (AvgIpc) is 2.60. The summed E-state index contributed by atoms with van der Waals surface area (Å²) in [5, 5.41) is 0. The van der Waals surface area contributed by atoms with Crippen LogP contribution >= 0.6 is 0 Å². The molecule has 2 unspecified atom stereocenters. The number of allylic oxidation sites excluding steroid dienone is 2. The lowest BCUT2D eigenvalue weighted by molar-refractivity contribution is -0.132. The quantitative estimate of drug-likeness (QED) is 0.664. The Morgan fingerprint density at radius 1 is 1.50 bits per heavy atom. The van der Waals surface area contributed by atoms with Crippen LogP contribution in [0.4, 0.5) is 0 Å². The molecule has 0 aromatic rings. The number of amides is 1. The Bertz CT molecular complexity index is 294. The monoisotopic (exact) mass is 192 g/mol. The number of likely N-dealkylation sites (tertiary alicyclic amines) is 1. The second kappa shape index (κ2) is 3.58. The molecule has 14 heavy (non-hydrogen) atoms. The molecule has 1 fully saturated rings. The molecule has 1 aliphatic heterocycles. The lowest BCUT2D eigenvalue weighted by Crippen LogP contribution is -2.45. The summed E-state index contributed by atoms with van der Waals surface area (Å²) in [5.74, 6) is 0.570. The molecule has 0 spiro atoms. The van der Waals surface area contributed by atoms with Crippen LogP contribution in [0.15, 0.2) is 24.3 Å². The number of rotatable bonds is 1. The molecule has 1 amide bonds. The van der Waals surface area contributed by atoms with Gasteiger partial charge in [0.05, 0.1) is 12.1 Å². The Hall–Kier alpha value is -1.09. The van der Waals surface area contributed by atoms with E-state index in [2.05, 4.69) is 18.2 Å². The first-order chi connectivity index (χ1) is 6.70. The minimum absolute atomic E-state index is 0.0671. The van der Waals surface area contributed by atoms with Crippen LogP contribution in [-0.4, -0.2) is 29.4 Å². The van der Waals surface area contributed by atoms with Crippen molar-refractivity contribution in [3.8, 4) is 0 Å². The van der Waals surface area contributed by atoms with E-state index in [9.17, 15) is 4.79 Å². The fraction of sp³-hybridized carbons (Fsp3) is 0.545. The number of hydrogen-bond acceptors (Lipinski definition) is 2. The third kappa shape index (κ3) is 1.48. The topological polar surface area (TPSA) is 46.3 Å². The fourth-order valence-corrected chi connectivity index (χ4v) is 2.20. The van der Waals surface area contributed by atoms with E-state index < -0.39 is 0 Å². The number of carbonyl (C=O) groups is 1. The molecule has 76 valence electrons. The Kier molecular flexibility index (Phi) is 2.42.